The van der Waals surface area contributed by atoms with E-state index in [1.165, 1.54) is 12.3 Å². The lowest BCUT2D eigenvalue weighted by molar-refractivity contribution is 0.454. The zero-order chi connectivity index (χ0) is 13.0. The second-order valence-electron chi connectivity index (χ2n) is 3.69. The van der Waals surface area contributed by atoms with Crippen LogP contribution in [0.2, 0.25) is 0 Å². The smallest absolute Gasteiger partial charge is 0.162 e. The SMILES string of the molecule is CNCc1ccncc1Oc1ccc(F)c(F)c1. The predicted molar refractivity (Wildman–Crippen MR) is 63.4 cm³/mol. The summed E-state index contributed by atoms with van der Waals surface area (Å²) in [7, 11) is 1.81. The average molecular weight is 250 g/mol. The Kier molecular flexibility index (Phi) is 3.84. The molecule has 0 aliphatic carbocycles. The minimum atomic E-state index is -0.938. The Morgan fingerprint density at radius 1 is 1.22 bits per heavy atom. The summed E-state index contributed by atoms with van der Waals surface area (Å²) in [5, 5.41) is 2.99. The lowest BCUT2D eigenvalue weighted by Gasteiger charge is -2.10. The number of halogens is 2. The highest BCUT2D eigenvalue weighted by molar-refractivity contribution is 5.35. The van der Waals surface area contributed by atoms with Gasteiger partial charge in [0.1, 0.15) is 11.5 Å². The number of nitrogens with one attached hydrogen (secondary N) is 1. The van der Waals surface area contributed by atoms with E-state index in [0.29, 0.717) is 12.3 Å². The van der Waals surface area contributed by atoms with Gasteiger partial charge in [-0.2, -0.15) is 0 Å². The van der Waals surface area contributed by atoms with E-state index >= 15 is 0 Å². The van der Waals surface area contributed by atoms with Gasteiger partial charge in [0.2, 0.25) is 0 Å². The van der Waals surface area contributed by atoms with Crippen LogP contribution in [-0.4, -0.2) is 12.0 Å². The molecule has 0 aliphatic heterocycles. The molecular weight excluding hydrogens is 238 g/mol. The molecule has 0 unspecified atom stereocenters. The van der Waals surface area contributed by atoms with Crippen molar-refractivity contribution in [2.24, 2.45) is 0 Å². The highest BCUT2D eigenvalue weighted by Crippen LogP contribution is 2.25. The maximum absolute atomic E-state index is 13.0. The van der Waals surface area contributed by atoms with E-state index in [1.807, 2.05) is 7.05 Å². The van der Waals surface area contributed by atoms with Gasteiger partial charge in [-0.25, -0.2) is 8.78 Å². The summed E-state index contributed by atoms with van der Waals surface area (Å²) < 4.78 is 31.3. The van der Waals surface area contributed by atoms with Crippen molar-refractivity contribution in [2.45, 2.75) is 6.54 Å². The molecule has 5 heteroatoms. The summed E-state index contributed by atoms with van der Waals surface area (Å²) >= 11 is 0. The zero-order valence-corrected chi connectivity index (χ0v) is 9.78. The van der Waals surface area contributed by atoms with E-state index in [9.17, 15) is 8.78 Å². The molecule has 18 heavy (non-hydrogen) atoms. The Labute approximate surface area is 103 Å². The van der Waals surface area contributed by atoms with Gasteiger partial charge >= 0.3 is 0 Å². The van der Waals surface area contributed by atoms with Crippen LogP contribution in [0.4, 0.5) is 8.78 Å². The molecular formula is C13H12F2N2O. The molecule has 0 saturated carbocycles. The molecule has 0 spiro atoms. The molecule has 0 atom stereocenters. The lowest BCUT2D eigenvalue weighted by Crippen LogP contribution is -2.06. The predicted octanol–water partition coefficient (Wildman–Crippen LogP) is 2.87. The summed E-state index contributed by atoms with van der Waals surface area (Å²) in [5.41, 5.74) is 0.886. The lowest BCUT2D eigenvalue weighted by atomic mass is 10.2. The fourth-order valence-electron chi connectivity index (χ4n) is 1.50. The second kappa shape index (κ2) is 5.55. The summed E-state index contributed by atoms with van der Waals surface area (Å²) in [4.78, 5) is 3.94. The van der Waals surface area contributed by atoms with Gasteiger partial charge in [-0.15, -0.1) is 0 Å². The first kappa shape index (κ1) is 12.4. The zero-order valence-electron chi connectivity index (χ0n) is 9.78. The van der Waals surface area contributed by atoms with E-state index in [4.69, 9.17) is 4.74 Å². The molecule has 2 rings (SSSR count). The fraction of sp³-hybridized carbons (Fsp3) is 0.154. The van der Waals surface area contributed by atoms with E-state index < -0.39 is 11.6 Å². The molecule has 1 heterocycles. The number of hydrogen-bond acceptors (Lipinski definition) is 3. The summed E-state index contributed by atoms with van der Waals surface area (Å²) in [5.74, 6) is -1.09. The van der Waals surface area contributed by atoms with Crippen LogP contribution >= 0.6 is 0 Å². The number of nitrogens with zero attached hydrogens (tertiary/aromatic N) is 1. The number of benzene rings is 1. The summed E-state index contributed by atoms with van der Waals surface area (Å²) in [6.07, 6.45) is 3.18. The van der Waals surface area contributed by atoms with Gasteiger partial charge in [-0.05, 0) is 25.2 Å². The number of ether oxygens (including phenoxy) is 1. The highest BCUT2D eigenvalue weighted by Gasteiger charge is 2.07. The summed E-state index contributed by atoms with van der Waals surface area (Å²) in [6.45, 7) is 0.599. The molecule has 2 aromatic rings. The Morgan fingerprint density at radius 3 is 2.78 bits per heavy atom. The molecule has 3 nitrogen and oxygen atoms in total. The first-order chi connectivity index (χ1) is 8.70. The van der Waals surface area contributed by atoms with Crippen molar-refractivity contribution in [3.8, 4) is 11.5 Å². The van der Waals surface area contributed by atoms with Crippen molar-refractivity contribution in [1.29, 1.82) is 0 Å². The third kappa shape index (κ3) is 2.81. The second-order valence-corrected chi connectivity index (χ2v) is 3.69. The quantitative estimate of drug-likeness (QED) is 0.906. The summed E-state index contributed by atoms with van der Waals surface area (Å²) in [6, 6.07) is 5.20. The topological polar surface area (TPSA) is 34.2 Å². The van der Waals surface area contributed by atoms with Crippen molar-refractivity contribution in [1.82, 2.24) is 10.3 Å². The van der Waals surface area contributed by atoms with Gasteiger partial charge in [0.15, 0.2) is 11.6 Å². The van der Waals surface area contributed by atoms with Crippen molar-refractivity contribution in [3.05, 3.63) is 53.9 Å². The molecule has 1 N–H and O–H groups in total. The van der Waals surface area contributed by atoms with Crippen LogP contribution in [0.3, 0.4) is 0 Å². The molecule has 0 aliphatic rings. The Morgan fingerprint density at radius 2 is 2.06 bits per heavy atom. The van der Waals surface area contributed by atoms with Gasteiger partial charge in [-0.1, -0.05) is 0 Å². The van der Waals surface area contributed by atoms with E-state index in [-0.39, 0.29) is 5.75 Å². The van der Waals surface area contributed by atoms with Crippen LogP contribution in [0.15, 0.2) is 36.7 Å². The normalized spacial score (nSPS) is 10.4. The standard InChI is InChI=1S/C13H12F2N2O/c1-16-7-9-4-5-17-8-13(9)18-10-2-3-11(14)12(15)6-10/h2-6,8,16H,7H2,1H3. The molecule has 0 bridgehead atoms. The largest absolute Gasteiger partial charge is 0.455 e. The van der Waals surface area contributed by atoms with Crippen LogP contribution in [0, 0.1) is 11.6 Å². The van der Waals surface area contributed by atoms with Crippen LogP contribution < -0.4 is 10.1 Å². The Hall–Kier alpha value is -2.01. The number of pyridine rings is 1. The highest BCUT2D eigenvalue weighted by atomic mass is 19.2. The van der Waals surface area contributed by atoms with Crippen LogP contribution in [0.1, 0.15) is 5.56 Å². The maximum atomic E-state index is 13.0. The average Bonchev–Trinajstić information content (AvgIpc) is 2.37. The minimum Gasteiger partial charge on any atom is -0.455 e. The van der Waals surface area contributed by atoms with Gasteiger partial charge < -0.3 is 10.1 Å². The van der Waals surface area contributed by atoms with Crippen molar-refractivity contribution >= 4 is 0 Å². The third-order valence-electron chi connectivity index (χ3n) is 2.36. The van der Waals surface area contributed by atoms with Gasteiger partial charge in [0.05, 0.1) is 6.20 Å². The van der Waals surface area contributed by atoms with Crippen molar-refractivity contribution in [3.63, 3.8) is 0 Å². The third-order valence-corrected chi connectivity index (χ3v) is 2.36. The van der Waals surface area contributed by atoms with E-state index in [1.54, 1.807) is 12.3 Å². The molecule has 0 saturated heterocycles. The van der Waals surface area contributed by atoms with Crippen molar-refractivity contribution in [2.75, 3.05) is 7.05 Å². The molecule has 1 aromatic carbocycles. The molecule has 0 amide bonds. The minimum absolute atomic E-state index is 0.235. The Balaban J connectivity index is 2.25. The van der Waals surface area contributed by atoms with Crippen LogP contribution in [0.25, 0.3) is 0 Å². The number of hydrogen-bond donors (Lipinski definition) is 1. The van der Waals surface area contributed by atoms with Gasteiger partial charge in [0, 0.05) is 24.4 Å². The maximum Gasteiger partial charge on any atom is 0.162 e. The Bertz CT molecular complexity index is 546. The molecule has 94 valence electrons. The number of rotatable bonds is 4. The van der Waals surface area contributed by atoms with Crippen molar-refractivity contribution < 1.29 is 13.5 Å². The van der Waals surface area contributed by atoms with Gasteiger partial charge in [-0.3, -0.25) is 4.98 Å². The van der Waals surface area contributed by atoms with E-state index in [2.05, 4.69) is 10.3 Å². The monoisotopic (exact) mass is 250 g/mol. The number of aromatic nitrogens is 1. The first-order valence-corrected chi connectivity index (χ1v) is 5.41. The molecule has 1 aromatic heterocycles. The van der Waals surface area contributed by atoms with Crippen LogP contribution in [0.5, 0.6) is 11.5 Å². The first-order valence-electron chi connectivity index (χ1n) is 5.41. The van der Waals surface area contributed by atoms with E-state index in [0.717, 1.165) is 17.7 Å². The van der Waals surface area contributed by atoms with Crippen LogP contribution in [-0.2, 0) is 6.54 Å². The van der Waals surface area contributed by atoms with Gasteiger partial charge in [0.25, 0.3) is 0 Å². The molecule has 0 radical (unpaired) electrons. The molecule has 0 fully saturated rings. The fourth-order valence-corrected chi connectivity index (χ4v) is 1.50.